The van der Waals surface area contributed by atoms with Crippen LogP contribution in [0, 0.1) is 0 Å². The Morgan fingerprint density at radius 3 is 3.00 bits per heavy atom. The molecule has 0 saturated heterocycles. The minimum absolute atomic E-state index is 0.105. The molecule has 0 aliphatic carbocycles. The standard InChI is InChI=1S/C15H15N3O3/c1-18-9-11(10-4-2-3-5-12(10)18)13(19)8-16-15(20)14-6-7-17-21-14/h2-7,9,13,19H,8H2,1H3,(H,16,20). The molecule has 0 aliphatic heterocycles. The van der Waals surface area contributed by atoms with E-state index in [9.17, 15) is 9.90 Å². The van der Waals surface area contributed by atoms with E-state index in [1.165, 1.54) is 12.3 Å². The third kappa shape index (κ3) is 2.53. The lowest BCUT2D eigenvalue weighted by Gasteiger charge is -2.10. The Kier molecular flexibility index (Phi) is 3.45. The van der Waals surface area contributed by atoms with E-state index in [0.717, 1.165) is 16.5 Å². The van der Waals surface area contributed by atoms with Gasteiger partial charge in [0, 0.05) is 42.3 Å². The average molecular weight is 285 g/mol. The van der Waals surface area contributed by atoms with Crippen LogP contribution in [0.5, 0.6) is 0 Å². The summed E-state index contributed by atoms with van der Waals surface area (Å²) in [5.74, 6) is -0.271. The van der Waals surface area contributed by atoms with E-state index in [0.29, 0.717) is 0 Å². The zero-order chi connectivity index (χ0) is 14.8. The number of aryl methyl sites for hydroxylation is 1. The number of amides is 1. The van der Waals surface area contributed by atoms with Gasteiger partial charge in [0.15, 0.2) is 0 Å². The zero-order valence-corrected chi connectivity index (χ0v) is 11.5. The highest BCUT2D eigenvalue weighted by Crippen LogP contribution is 2.25. The summed E-state index contributed by atoms with van der Waals surface area (Å²) in [4.78, 5) is 11.7. The van der Waals surface area contributed by atoms with E-state index in [1.54, 1.807) is 0 Å². The molecule has 0 radical (unpaired) electrons. The van der Waals surface area contributed by atoms with Crippen molar-refractivity contribution >= 4 is 16.8 Å². The number of carbonyl (C=O) groups is 1. The first-order valence-corrected chi connectivity index (χ1v) is 6.57. The normalized spacial score (nSPS) is 12.5. The minimum atomic E-state index is -0.789. The molecule has 1 atom stereocenters. The quantitative estimate of drug-likeness (QED) is 0.763. The van der Waals surface area contributed by atoms with Gasteiger partial charge in [0.2, 0.25) is 5.76 Å². The molecule has 3 rings (SSSR count). The molecule has 2 aromatic heterocycles. The van der Waals surface area contributed by atoms with Gasteiger partial charge in [0.25, 0.3) is 5.91 Å². The van der Waals surface area contributed by atoms with Crippen molar-refractivity contribution in [3.05, 3.63) is 54.0 Å². The lowest BCUT2D eigenvalue weighted by atomic mass is 10.1. The number of para-hydroxylation sites is 1. The zero-order valence-electron chi connectivity index (χ0n) is 11.5. The van der Waals surface area contributed by atoms with E-state index >= 15 is 0 Å². The molecule has 3 aromatic rings. The van der Waals surface area contributed by atoms with Gasteiger partial charge in [0.05, 0.1) is 12.3 Å². The number of nitrogens with one attached hydrogen (secondary N) is 1. The Hall–Kier alpha value is -2.60. The van der Waals surface area contributed by atoms with E-state index in [-0.39, 0.29) is 12.3 Å². The summed E-state index contributed by atoms with van der Waals surface area (Å²) < 4.78 is 6.71. The predicted molar refractivity (Wildman–Crippen MR) is 76.7 cm³/mol. The van der Waals surface area contributed by atoms with E-state index in [1.807, 2.05) is 42.1 Å². The average Bonchev–Trinajstić information content (AvgIpc) is 3.13. The summed E-state index contributed by atoms with van der Waals surface area (Å²) in [7, 11) is 1.92. The lowest BCUT2D eigenvalue weighted by molar-refractivity contribution is 0.0880. The smallest absolute Gasteiger partial charge is 0.289 e. The summed E-state index contributed by atoms with van der Waals surface area (Å²) in [6.07, 6.45) is 2.48. The predicted octanol–water partition coefficient (Wildman–Crippen LogP) is 1.63. The van der Waals surface area contributed by atoms with E-state index in [2.05, 4.69) is 10.5 Å². The van der Waals surface area contributed by atoms with Crippen LogP contribution in [0.4, 0.5) is 0 Å². The van der Waals surface area contributed by atoms with Crippen LogP contribution in [0.15, 0.2) is 47.2 Å². The number of carbonyl (C=O) groups excluding carboxylic acids is 1. The second-order valence-electron chi connectivity index (χ2n) is 4.82. The van der Waals surface area contributed by atoms with E-state index < -0.39 is 12.0 Å². The van der Waals surface area contributed by atoms with Crippen LogP contribution in [-0.4, -0.2) is 27.3 Å². The number of rotatable bonds is 4. The first kappa shape index (κ1) is 13.4. The summed E-state index contributed by atoms with van der Waals surface area (Å²) in [5.41, 5.74) is 1.82. The molecule has 0 bridgehead atoms. The van der Waals surface area contributed by atoms with Crippen molar-refractivity contribution in [1.82, 2.24) is 15.0 Å². The van der Waals surface area contributed by atoms with Crippen LogP contribution < -0.4 is 5.32 Å². The number of aliphatic hydroxyl groups is 1. The second-order valence-corrected chi connectivity index (χ2v) is 4.82. The monoisotopic (exact) mass is 285 g/mol. The van der Waals surface area contributed by atoms with Crippen LogP contribution >= 0.6 is 0 Å². The summed E-state index contributed by atoms with van der Waals surface area (Å²) in [6.45, 7) is 0.105. The van der Waals surface area contributed by atoms with Crippen molar-refractivity contribution in [3.8, 4) is 0 Å². The van der Waals surface area contributed by atoms with Crippen molar-refractivity contribution in [2.24, 2.45) is 7.05 Å². The van der Waals surface area contributed by atoms with Crippen LogP contribution in [0.25, 0.3) is 10.9 Å². The molecule has 6 nitrogen and oxygen atoms in total. The van der Waals surface area contributed by atoms with Gasteiger partial charge in [-0.3, -0.25) is 4.79 Å². The highest BCUT2D eigenvalue weighted by atomic mass is 16.5. The highest BCUT2D eigenvalue weighted by molar-refractivity contribution is 5.91. The number of nitrogens with zero attached hydrogens (tertiary/aromatic N) is 2. The van der Waals surface area contributed by atoms with Crippen molar-refractivity contribution in [2.75, 3.05) is 6.54 Å². The summed E-state index contributed by atoms with van der Waals surface area (Å²) >= 11 is 0. The van der Waals surface area contributed by atoms with Gasteiger partial charge >= 0.3 is 0 Å². The van der Waals surface area contributed by atoms with Gasteiger partial charge in [-0.1, -0.05) is 23.4 Å². The molecule has 0 saturated carbocycles. The Bertz CT molecular complexity index is 762. The fourth-order valence-electron chi connectivity index (χ4n) is 2.36. The number of hydrogen-bond acceptors (Lipinski definition) is 4. The van der Waals surface area contributed by atoms with Gasteiger partial charge in [-0.25, -0.2) is 0 Å². The Morgan fingerprint density at radius 2 is 2.24 bits per heavy atom. The molecule has 6 heteroatoms. The molecule has 1 unspecified atom stereocenters. The third-order valence-electron chi connectivity index (χ3n) is 3.40. The summed E-state index contributed by atoms with van der Waals surface area (Å²) in [6, 6.07) is 9.28. The first-order valence-electron chi connectivity index (χ1n) is 6.57. The lowest BCUT2D eigenvalue weighted by Crippen LogP contribution is -2.28. The van der Waals surface area contributed by atoms with Gasteiger partial charge in [0.1, 0.15) is 0 Å². The van der Waals surface area contributed by atoms with Crippen molar-refractivity contribution < 1.29 is 14.4 Å². The van der Waals surface area contributed by atoms with Gasteiger partial charge in [-0.2, -0.15) is 0 Å². The van der Waals surface area contributed by atoms with Crippen molar-refractivity contribution in [2.45, 2.75) is 6.10 Å². The van der Waals surface area contributed by atoms with Gasteiger partial charge in [-0.05, 0) is 6.07 Å². The van der Waals surface area contributed by atoms with Crippen LogP contribution in [-0.2, 0) is 7.05 Å². The molecular weight excluding hydrogens is 270 g/mol. The largest absolute Gasteiger partial charge is 0.386 e. The number of aromatic nitrogens is 2. The first-order chi connectivity index (χ1) is 10.2. The molecule has 0 aliphatic rings. The number of benzene rings is 1. The fourth-order valence-corrected chi connectivity index (χ4v) is 2.36. The molecule has 1 amide bonds. The molecule has 2 N–H and O–H groups in total. The highest BCUT2D eigenvalue weighted by Gasteiger charge is 2.16. The van der Waals surface area contributed by atoms with Crippen LogP contribution in [0.3, 0.4) is 0 Å². The minimum Gasteiger partial charge on any atom is -0.386 e. The van der Waals surface area contributed by atoms with Crippen molar-refractivity contribution in [3.63, 3.8) is 0 Å². The fraction of sp³-hybridized carbons (Fsp3) is 0.200. The molecule has 2 heterocycles. The number of aliphatic hydroxyl groups excluding tert-OH is 1. The molecule has 0 spiro atoms. The molecule has 1 aromatic carbocycles. The summed E-state index contributed by atoms with van der Waals surface area (Å²) in [5, 5.41) is 17.4. The van der Waals surface area contributed by atoms with Gasteiger partial charge < -0.3 is 19.5 Å². The second kappa shape index (κ2) is 5.41. The van der Waals surface area contributed by atoms with E-state index in [4.69, 9.17) is 4.52 Å². The van der Waals surface area contributed by atoms with Crippen molar-refractivity contribution in [1.29, 1.82) is 0 Å². The van der Waals surface area contributed by atoms with Crippen LogP contribution in [0.1, 0.15) is 22.2 Å². The maximum atomic E-state index is 11.7. The Balaban J connectivity index is 1.75. The number of fused-ring (bicyclic) bond motifs is 1. The molecule has 21 heavy (non-hydrogen) atoms. The Morgan fingerprint density at radius 1 is 1.43 bits per heavy atom. The Labute approximate surface area is 121 Å². The molecule has 0 fully saturated rings. The maximum Gasteiger partial charge on any atom is 0.289 e. The third-order valence-corrected chi connectivity index (χ3v) is 3.40. The topological polar surface area (TPSA) is 80.3 Å². The molecular formula is C15H15N3O3. The SMILES string of the molecule is Cn1cc(C(O)CNC(=O)c2ccno2)c2ccccc21. The molecule has 108 valence electrons. The number of hydrogen-bond donors (Lipinski definition) is 2. The maximum absolute atomic E-state index is 11.7. The van der Waals surface area contributed by atoms with Crippen LogP contribution in [0.2, 0.25) is 0 Å². The van der Waals surface area contributed by atoms with Gasteiger partial charge in [-0.15, -0.1) is 0 Å².